The van der Waals surface area contributed by atoms with Gasteiger partial charge in [0.2, 0.25) is 0 Å². The van der Waals surface area contributed by atoms with E-state index in [1.165, 1.54) is 68.9 Å². The van der Waals surface area contributed by atoms with E-state index in [1.54, 1.807) is 0 Å². The minimum Gasteiger partial charge on any atom is -0.102 e. The molecule has 0 radical (unpaired) electrons. The molecule has 0 amide bonds. The molecule has 0 nitrogen and oxygen atoms in total. The molecular formula is C20H32. The van der Waals surface area contributed by atoms with Crippen molar-refractivity contribution < 1.29 is 0 Å². The molecule has 0 fully saturated rings. The number of rotatable bonds is 11. The molecule has 0 aromatic heterocycles. The van der Waals surface area contributed by atoms with Crippen LogP contribution in [0.1, 0.15) is 82.3 Å². The molecule has 0 bridgehead atoms. The van der Waals surface area contributed by atoms with Crippen molar-refractivity contribution in [1.29, 1.82) is 0 Å². The van der Waals surface area contributed by atoms with E-state index in [9.17, 15) is 0 Å². The first-order valence-electron chi connectivity index (χ1n) is 8.49. The van der Waals surface area contributed by atoms with E-state index in [-0.39, 0.29) is 0 Å². The Labute approximate surface area is 126 Å². The van der Waals surface area contributed by atoms with Crippen LogP contribution in [0, 0.1) is 0 Å². The van der Waals surface area contributed by atoms with Gasteiger partial charge < -0.3 is 0 Å². The Morgan fingerprint density at radius 2 is 1.45 bits per heavy atom. The summed E-state index contributed by atoms with van der Waals surface area (Å²) in [5, 5.41) is 0. The summed E-state index contributed by atoms with van der Waals surface area (Å²) in [6.45, 7) is 8.33. The van der Waals surface area contributed by atoms with E-state index in [4.69, 9.17) is 0 Å². The standard InChI is InChI=1S/C20H32/c1-4-6-7-8-9-10-11-12-13-19-14-16-20(17-15-19)18(3)5-2/h5,14-18H,2,4,6-13H2,1,3H3. The predicted molar refractivity (Wildman–Crippen MR) is 91.4 cm³/mol. The quantitative estimate of drug-likeness (QED) is 0.312. The molecule has 0 heteroatoms. The maximum Gasteiger partial charge on any atom is -0.00131 e. The average Bonchev–Trinajstić information content (AvgIpc) is 2.50. The fourth-order valence-electron chi connectivity index (χ4n) is 2.59. The largest absolute Gasteiger partial charge is 0.102 e. The third-order valence-corrected chi connectivity index (χ3v) is 4.18. The van der Waals surface area contributed by atoms with Crippen LogP contribution < -0.4 is 0 Å². The van der Waals surface area contributed by atoms with Gasteiger partial charge in [0.05, 0.1) is 0 Å². The molecule has 1 unspecified atom stereocenters. The van der Waals surface area contributed by atoms with Crippen molar-refractivity contribution in [3.05, 3.63) is 48.0 Å². The smallest absolute Gasteiger partial charge is 0.00131 e. The summed E-state index contributed by atoms with van der Waals surface area (Å²) in [6.07, 6.45) is 14.4. The second-order valence-electron chi connectivity index (χ2n) is 5.99. The third-order valence-electron chi connectivity index (χ3n) is 4.18. The molecule has 0 saturated heterocycles. The first kappa shape index (κ1) is 17.0. The van der Waals surface area contributed by atoms with Gasteiger partial charge in [-0.2, -0.15) is 0 Å². The van der Waals surface area contributed by atoms with E-state index in [1.807, 2.05) is 6.08 Å². The molecule has 112 valence electrons. The normalized spacial score (nSPS) is 12.3. The van der Waals surface area contributed by atoms with Crippen molar-refractivity contribution in [2.45, 2.75) is 77.6 Å². The Balaban J connectivity index is 2.11. The van der Waals surface area contributed by atoms with Gasteiger partial charge in [0.25, 0.3) is 0 Å². The van der Waals surface area contributed by atoms with Crippen LogP contribution in [-0.2, 0) is 6.42 Å². The fourth-order valence-corrected chi connectivity index (χ4v) is 2.59. The molecule has 1 aromatic carbocycles. The summed E-state index contributed by atoms with van der Waals surface area (Å²) >= 11 is 0. The lowest BCUT2D eigenvalue weighted by atomic mass is 9.98. The zero-order chi connectivity index (χ0) is 14.6. The number of allylic oxidation sites excluding steroid dienone is 1. The second kappa shape index (κ2) is 10.7. The Morgan fingerprint density at radius 1 is 0.900 bits per heavy atom. The van der Waals surface area contributed by atoms with Crippen LogP contribution in [0.5, 0.6) is 0 Å². The summed E-state index contributed by atoms with van der Waals surface area (Å²) < 4.78 is 0. The number of benzene rings is 1. The van der Waals surface area contributed by atoms with Gasteiger partial charge in [-0.3, -0.25) is 0 Å². The highest BCUT2D eigenvalue weighted by molar-refractivity contribution is 5.27. The van der Waals surface area contributed by atoms with Crippen LogP contribution in [0.2, 0.25) is 0 Å². The minimum atomic E-state index is 0.465. The minimum absolute atomic E-state index is 0.465. The zero-order valence-corrected chi connectivity index (χ0v) is 13.5. The SMILES string of the molecule is C=CC(C)c1ccc(CCCCCCCCCC)cc1. The van der Waals surface area contributed by atoms with Crippen molar-refractivity contribution >= 4 is 0 Å². The average molecular weight is 272 g/mol. The van der Waals surface area contributed by atoms with Crippen LogP contribution >= 0.6 is 0 Å². The monoisotopic (exact) mass is 272 g/mol. The maximum absolute atomic E-state index is 3.86. The van der Waals surface area contributed by atoms with Crippen molar-refractivity contribution in [3.8, 4) is 0 Å². The first-order chi connectivity index (χ1) is 9.77. The summed E-state index contributed by atoms with van der Waals surface area (Å²) in [7, 11) is 0. The van der Waals surface area contributed by atoms with Gasteiger partial charge in [0.15, 0.2) is 0 Å². The van der Waals surface area contributed by atoms with Crippen molar-refractivity contribution in [2.75, 3.05) is 0 Å². The Kier molecular flexibility index (Phi) is 9.11. The van der Waals surface area contributed by atoms with E-state index >= 15 is 0 Å². The molecule has 1 aromatic rings. The van der Waals surface area contributed by atoms with Gasteiger partial charge in [-0.15, -0.1) is 6.58 Å². The second-order valence-corrected chi connectivity index (χ2v) is 5.99. The molecule has 0 heterocycles. The van der Waals surface area contributed by atoms with E-state index < -0.39 is 0 Å². The van der Waals surface area contributed by atoms with E-state index in [0.29, 0.717) is 5.92 Å². The van der Waals surface area contributed by atoms with Crippen LogP contribution in [-0.4, -0.2) is 0 Å². The molecule has 1 atom stereocenters. The molecular weight excluding hydrogens is 240 g/mol. The topological polar surface area (TPSA) is 0 Å². The van der Waals surface area contributed by atoms with Gasteiger partial charge in [-0.05, 0) is 29.9 Å². The summed E-state index contributed by atoms with van der Waals surface area (Å²) in [4.78, 5) is 0. The zero-order valence-electron chi connectivity index (χ0n) is 13.5. The number of unbranched alkanes of at least 4 members (excludes halogenated alkanes) is 7. The molecule has 0 aliphatic carbocycles. The van der Waals surface area contributed by atoms with Gasteiger partial charge in [0.1, 0.15) is 0 Å². The lowest BCUT2D eigenvalue weighted by Gasteiger charge is -2.07. The Bertz CT molecular complexity index is 347. The summed E-state index contributed by atoms with van der Waals surface area (Å²) in [5.41, 5.74) is 2.86. The lowest BCUT2D eigenvalue weighted by Crippen LogP contribution is -1.91. The van der Waals surface area contributed by atoms with Crippen molar-refractivity contribution in [1.82, 2.24) is 0 Å². The number of aryl methyl sites for hydroxylation is 1. The molecule has 0 spiro atoms. The molecule has 0 aliphatic heterocycles. The van der Waals surface area contributed by atoms with E-state index in [2.05, 4.69) is 44.7 Å². The highest BCUT2D eigenvalue weighted by Crippen LogP contribution is 2.18. The van der Waals surface area contributed by atoms with Gasteiger partial charge in [-0.1, -0.05) is 89.1 Å². The van der Waals surface area contributed by atoms with Crippen LogP contribution in [0.25, 0.3) is 0 Å². The highest BCUT2D eigenvalue weighted by atomic mass is 14.1. The van der Waals surface area contributed by atoms with Crippen LogP contribution in [0.15, 0.2) is 36.9 Å². The Morgan fingerprint density at radius 3 is 2.00 bits per heavy atom. The molecule has 0 saturated carbocycles. The van der Waals surface area contributed by atoms with Crippen LogP contribution in [0.4, 0.5) is 0 Å². The highest BCUT2D eigenvalue weighted by Gasteiger charge is 2.00. The summed E-state index contributed by atoms with van der Waals surface area (Å²) in [6, 6.07) is 9.09. The third kappa shape index (κ3) is 6.93. The molecule has 0 aliphatic rings. The number of hydrogen-bond acceptors (Lipinski definition) is 0. The van der Waals surface area contributed by atoms with Crippen molar-refractivity contribution in [2.24, 2.45) is 0 Å². The van der Waals surface area contributed by atoms with E-state index in [0.717, 1.165) is 0 Å². The van der Waals surface area contributed by atoms with Crippen molar-refractivity contribution in [3.63, 3.8) is 0 Å². The first-order valence-corrected chi connectivity index (χ1v) is 8.49. The van der Waals surface area contributed by atoms with Gasteiger partial charge in [-0.25, -0.2) is 0 Å². The lowest BCUT2D eigenvalue weighted by molar-refractivity contribution is 0.575. The molecule has 0 N–H and O–H groups in total. The Hall–Kier alpha value is -1.04. The summed E-state index contributed by atoms with van der Waals surface area (Å²) in [5.74, 6) is 0.465. The maximum atomic E-state index is 3.86. The predicted octanol–water partition coefficient (Wildman–Crippen LogP) is 6.66. The molecule has 1 rings (SSSR count). The number of hydrogen-bond donors (Lipinski definition) is 0. The van der Waals surface area contributed by atoms with Gasteiger partial charge in [0, 0.05) is 0 Å². The van der Waals surface area contributed by atoms with Crippen LogP contribution in [0.3, 0.4) is 0 Å². The van der Waals surface area contributed by atoms with Gasteiger partial charge >= 0.3 is 0 Å². The fraction of sp³-hybridized carbons (Fsp3) is 0.600. The molecule has 20 heavy (non-hydrogen) atoms.